The van der Waals surface area contributed by atoms with Crippen molar-refractivity contribution in [2.45, 2.75) is 31.1 Å². The molecule has 5 N–H and O–H groups in total. The molecule has 1 amide bonds. The maximum absolute atomic E-state index is 11.7. The van der Waals surface area contributed by atoms with Gasteiger partial charge in [-0.15, -0.1) is 0 Å². The molecule has 0 heterocycles. The van der Waals surface area contributed by atoms with Crippen LogP contribution in [0.25, 0.3) is 0 Å². The number of nitrogens with one attached hydrogen (secondary N) is 1. The van der Waals surface area contributed by atoms with Gasteiger partial charge in [0.15, 0.2) is 0 Å². The smallest absolute Gasteiger partial charge is 0.238 e. The second kappa shape index (κ2) is 6.65. The molecule has 0 fully saturated rings. The average Bonchev–Trinajstić information content (AvgIpc) is 2.30. The Morgan fingerprint density at radius 1 is 1.32 bits per heavy atom. The van der Waals surface area contributed by atoms with E-state index in [4.69, 9.17) is 10.9 Å². The molecule has 19 heavy (non-hydrogen) atoms. The van der Waals surface area contributed by atoms with E-state index in [1.807, 2.05) is 0 Å². The van der Waals surface area contributed by atoms with Gasteiger partial charge in [0.2, 0.25) is 15.9 Å². The minimum atomic E-state index is -3.78. The molecule has 0 spiro atoms. The van der Waals surface area contributed by atoms with E-state index in [1.165, 1.54) is 6.07 Å². The maximum Gasteiger partial charge on any atom is 0.238 e. The number of primary sulfonamides is 1. The van der Waals surface area contributed by atoms with Crippen molar-refractivity contribution < 1.29 is 13.2 Å². The first-order valence-electron chi connectivity index (χ1n) is 5.98. The van der Waals surface area contributed by atoms with Gasteiger partial charge in [-0.1, -0.05) is 6.07 Å². The van der Waals surface area contributed by atoms with Gasteiger partial charge in [0.1, 0.15) is 0 Å². The van der Waals surface area contributed by atoms with Crippen LogP contribution in [0.5, 0.6) is 0 Å². The number of benzene rings is 1. The third-order valence-corrected chi connectivity index (χ3v) is 3.78. The molecule has 6 nitrogen and oxygen atoms in total. The Morgan fingerprint density at radius 3 is 2.58 bits per heavy atom. The van der Waals surface area contributed by atoms with Crippen LogP contribution in [0.3, 0.4) is 0 Å². The molecule has 0 bridgehead atoms. The van der Waals surface area contributed by atoms with Crippen LogP contribution in [0.15, 0.2) is 23.1 Å². The lowest BCUT2D eigenvalue weighted by Crippen LogP contribution is -2.17. The summed E-state index contributed by atoms with van der Waals surface area (Å²) < 4.78 is 22.7. The van der Waals surface area contributed by atoms with Crippen molar-refractivity contribution in [3.05, 3.63) is 23.8 Å². The monoisotopic (exact) mass is 285 g/mol. The van der Waals surface area contributed by atoms with Gasteiger partial charge in [0, 0.05) is 12.1 Å². The van der Waals surface area contributed by atoms with Crippen molar-refractivity contribution in [2.24, 2.45) is 10.9 Å². The second-order valence-electron chi connectivity index (χ2n) is 4.27. The topological polar surface area (TPSA) is 115 Å². The number of carbonyl (C=O) groups excluding carboxylic acids is 1. The summed E-state index contributed by atoms with van der Waals surface area (Å²) in [5, 5.41) is 7.78. The summed E-state index contributed by atoms with van der Waals surface area (Å²) in [7, 11) is -3.78. The van der Waals surface area contributed by atoms with Crippen LogP contribution < -0.4 is 16.2 Å². The summed E-state index contributed by atoms with van der Waals surface area (Å²) in [6.07, 6.45) is 1.84. The van der Waals surface area contributed by atoms with E-state index in [0.717, 1.165) is 6.42 Å². The van der Waals surface area contributed by atoms with Gasteiger partial charge in [-0.3, -0.25) is 4.79 Å². The Kier molecular flexibility index (Phi) is 5.46. The molecule has 0 aromatic heterocycles. The molecule has 0 aliphatic carbocycles. The highest BCUT2D eigenvalue weighted by molar-refractivity contribution is 7.89. The molecule has 1 rings (SSSR count). The fourth-order valence-corrected chi connectivity index (χ4v) is 2.51. The van der Waals surface area contributed by atoms with Crippen LogP contribution in [0.2, 0.25) is 0 Å². The van der Waals surface area contributed by atoms with Gasteiger partial charge in [0.05, 0.1) is 4.90 Å². The lowest BCUT2D eigenvalue weighted by atomic mass is 10.2. The lowest BCUT2D eigenvalue weighted by molar-refractivity contribution is -0.116. The predicted molar refractivity (Wildman–Crippen MR) is 74.1 cm³/mol. The third kappa shape index (κ3) is 4.62. The number of unbranched alkanes of at least 4 members (excludes halogenated alkanes) is 1. The van der Waals surface area contributed by atoms with E-state index in [1.54, 1.807) is 19.1 Å². The van der Waals surface area contributed by atoms with Crippen molar-refractivity contribution in [2.75, 3.05) is 11.9 Å². The first-order chi connectivity index (χ1) is 8.86. The normalized spacial score (nSPS) is 11.3. The number of hydrogen-bond donors (Lipinski definition) is 3. The molecule has 1 aromatic carbocycles. The number of sulfonamides is 1. The largest absolute Gasteiger partial charge is 0.330 e. The Hall–Kier alpha value is -1.44. The molecule has 106 valence electrons. The third-order valence-electron chi connectivity index (χ3n) is 2.72. The summed E-state index contributed by atoms with van der Waals surface area (Å²) in [4.78, 5) is 11.7. The highest BCUT2D eigenvalue weighted by Crippen LogP contribution is 2.22. The van der Waals surface area contributed by atoms with E-state index < -0.39 is 10.0 Å². The predicted octanol–water partition coefficient (Wildman–Crippen LogP) is 0.710. The van der Waals surface area contributed by atoms with Gasteiger partial charge in [-0.2, -0.15) is 0 Å². The Morgan fingerprint density at radius 2 is 2.00 bits per heavy atom. The van der Waals surface area contributed by atoms with Crippen molar-refractivity contribution >= 4 is 21.6 Å². The molecule has 0 saturated carbocycles. The summed E-state index contributed by atoms with van der Waals surface area (Å²) in [5.74, 6) is -0.164. The summed E-state index contributed by atoms with van der Waals surface area (Å²) in [6, 6.07) is 4.60. The standard InChI is InChI=1S/C12H19N3O3S/c1-9-10(15-12(16)7-2-3-8-13)5-4-6-11(9)19(14,17)18/h4-6H,2-3,7-8,13H2,1H3,(H,15,16)(H2,14,17,18). The number of carbonyl (C=O) groups is 1. The van der Waals surface area contributed by atoms with Gasteiger partial charge in [-0.05, 0) is 44.0 Å². The van der Waals surface area contributed by atoms with Crippen LogP contribution in [0.4, 0.5) is 5.69 Å². The lowest BCUT2D eigenvalue weighted by Gasteiger charge is -2.11. The SMILES string of the molecule is Cc1c(NC(=O)CCCCN)cccc1S(N)(=O)=O. The van der Waals surface area contributed by atoms with Crippen LogP contribution in [0, 0.1) is 6.92 Å². The van der Waals surface area contributed by atoms with Crippen molar-refractivity contribution in [1.82, 2.24) is 0 Å². The minimum absolute atomic E-state index is 0.0206. The molecule has 0 atom stereocenters. The number of nitrogens with two attached hydrogens (primary N) is 2. The summed E-state index contributed by atoms with van der Waals surface area (Å²) >= 11 is 0. The molecule has 7 heteroatoms. The van der Waals surface area contributed by atoms with Crippen LogP contribution in [0.1, 0.15) is 24.8 Å². The van der Waals surface area contributed by atoms with Gasteiger partial charge in [-0.25, -0.2) is 13.6 Å². The first-order valence-corrected chi connectivity index (χ1v) is 7.53. The van der Waals surface area contributed by atoms with Crippen molar-refractivity contribution in [3.8, 4) is 0 Å². The van der Waals surface area contributed by atoms with E-state index >= 15 is 0 Å². The van der Waals surface area contributed by atoms with Gasteiger partial charge < -0.3 is 11.1 Å². The first kappa shape index (κ1) is 15.6. The molecular weight excluding hydrogens is 266 g/mol. The summed E-state index contributed by atoms with van der Waals surface area (Å²) in [5.41, 5.74) is 6.25. The molecule has 0 aliphatic heterocycles. The van der Waals surface area contributed by atoms with Crippen LogP contribution in [-0.4, -0.2) is 20.9 Å². The summed E-state index contributed by atoms with van der Waals surface area (Å²) in [6.45, 7) is 2.16. The van der Waals surface area contributed by atoms with E-state index in [0.29, 0.717) is 30.6 Å². The fourth-order valence-electron chi connectivity index (χ4n) is 1.70. The van der Waals surface area contributed by atoms with Crippen molar-refractivity contribution in [1.29, 1.82) is 0 Å². The quantitative estimate of drug-likeness (QED) is 0.667. The molecule has 0 unspecified atom stereocenters. The molecule has 0 radical (unpaired) electrons. The minimum Gasteiger partial charge on any atom is -0.330 e. The molecule has 1 aromatic rings. The molecule has 0 aliphatic rings. The Bertz CT molecular complexity index is 555. The number of anilines is 1. The maximum atomic E-state index is 11.7. The Labute approximate surface area is 113 Å². The van der Waals surface area contributed by atoms with Gasteiger partial charge >= 0.3 is 0 Å². The molecular formula is C12H19N3O3S. The molecule has 0 saturated heterocycles. The van der Waals surface area contributed by atoms with Crippen LogP contribution >= 0.6 is 0 Å². The zero-order valence-electron chi connectivity index (χ0n) is 10.8. The Balaban J connectivity index is 2.83. The highest BCUT2D eigenvalue weighted by Gasteiger charge is 2.14. The van der Waals surface area contributed by atoms with E-state index in [-0.39, 0.29) is 10.8 Å². The highest BCUT2D eigenvalue weighted by atomic mass is 32.2. The second-order valence-corrected chi connectivity index (χ2v) is 5.80. The van der Waals surface area contributed by atoms with E-state index in [2.05, 4.69) is 5.32 Å². The van der Waals surface area contributed by atoms with Gasteiger partial charge in [0.25, 0.3) is 0 Å². The number of rotatable bonds is 6. The fraction of sp³-hybridized carbons (Fsp3) is 0.417. The van der Waals surface area contributed by atoms with E-state index in [9.17, 15) is 13.2 Å². The number of hydrogen-bond acceptors (Lipinski definition) is 4. The van der Waals surface area contributed by atoms with Crippen molar-refractivity contribution in [3.63, 3.8) is 0 Å². The zero-order valence-corrected chi connectivity index (χ0v) is 11.7. The average molecular weight is 285 g/mol. The zero-order chi connectivity index (χ0) is 14.5. The number of amides is 1. The van der Waals surface area contributed by atoms with Crippen LogP contribution in [-0.2, 0) is 14.8 Å².